The van der Waals surface area contributed by atoms with Gasteiger partial charge < -0.3 is 4.57 Å². The summed E-state index contributed by atoms with van der Waals surface area (Å²) in [7, 11) is -1.49. The van der Waals surface area contributed by atoms with Crippen LogP contribution >= 0.6 is 0 Å². The molecule has 0 aliphatic carbocycles. The van der Waals surface area contributed by atoms with Gasteiger partial charge in [-0.05, 0) is 0 Å². The molecule has 0 aromatic carbocycles. The van der Waals surface area contributed by atoms with Crippen molar-refractivity contribution >= 4 is 16.0 Å². The van der Waals surface area contributed by atoms with E-state index in [1.807, 2.05) is 0 Å². The van der Waals surface area contributed by atoms with Crippen molar-refractivity contribution in [2.45, 2.75) is 0 Å². The fraction of sp³-hybridized carbons (Fsp3) is 0.400. The van der Waals surface area contributed by atoms with Crippen LogP contribution in [-0.2, 0) is 17.1 Å². The lowest BCUT2D eigenvalue weighted by molar-refractivity contribution is 0.606. The van der Waals surface area contributed by atoms with E-state index < -0.39 is 10.0 Å². The van der Waals surface area contributed by atoms with Crippen molar-refractivity contribution in [3.63, 3.8) is 0 Å². The number of rotatable bonds is 2. The van der Waals surface area contributed by atoms with E-state index in [9.17, 15) is 8.42 Å². The SMILES string of the molecule is Cn1ccnc1NS(C)(=O)=O. The van der Waals surface area contributed by atoms with Gasteiger partial charge in [-0.2, -0.15) is 0 Å². The van der Waals surface area contributed by atoms with Gasteiger partial charge in [-0.15, -0.1) is 0 Å². The van der Waals surface area contributed by atoms with Gasteiger partial charge in [-0.3, -0.25) is 4.72 Å². The summed E-state index contributed by atoms with van der Waals surface area (Å²) in [5.74, 6) is 0.326. The van der Waals surface area contributed by atoms with Gasteiger partial charge in [0.15, 0.2) is 0 Å². The molecular weight excluding hydrogens is 166 g/mol. The van der Waals surface area contributed by atoms with Crippen LogP contribution < -0.4 is 4.72 Å². The highest BCUT2D eigenvalue weighted by Crippen LogP contribution is 2.01. The molecule has 62 valence electrons. The monoisotopic (exact) mass is 175 g/mol. The van der Waals surface area contributed by atoms with Gasteiger partial charge in [0.1, 0.15) is 0 Å². The summed E-state index contributed by atoms with van der Waals surface area (Å²) >= 11 is 0. The summed E-state index contributed by atoms with van der Waals surface area (Å²) in [4.78, 5) is 3.77. The first-order chi connectivity index (χ1) is 4.99. The van der Waals surface area contributed by atoms with Crippen molar-refractivity contribution < 1.29 is 8.42 Å². The Labute approximate surface area is 65.1 Å². The summed E-state index contributed by atoms with van der Waals surface area (Å²) < 4.78 is 25.2. The topological polar surface area (TPSA) is 64.0 Å². The number of hydrogen-bond acceptors (Lipinski definition) is 3. The molecule has 0 spiro atoms. The van der Waals surface area contributed by atoms with Crippen molar-refractivity contribution in [2.75, 3.05) is 11.0 Å². The maximum absolute atomic E-state index is 10.7. The molecule has 1 aromatic heterocycles. The van der Waals surface area contributed by atoms with E-state index in [-0.39, 0.29) is 0 Å². The Morgan fingerprint density at radius 2 is 2.27 bits per heavy atom. The molecule has 0 atom stereocenters. The Bertz CT molecular complexity index is 340. The average Bonchev–Trinajstić information content (AvgIpc) is 2.12. The predicted molar refractivity (Wildman–Crippen MR) is 41.7 cm³/mol. The average molecular weight is 175 g/mol. The Morgan fingerprint density at radius 3 is 2.64 bits per heavy atom. The van der Waals surface area contributed by atoms with Gasteiger partial charge in [0, 0.05) is 19.4 Å². The lowest BCUT2D eigenvalue weighted by Gasteiger charge is -2.01. The maximum atomic E-state index is 10.7. The molecule has 1 rings (SSSR count). The highest BCUT2D eigenvalue weighted by molar-refractivity contribution is 7.91. The third kappa shape index (κ3) is 2.23. The van der Waals surface area contributed by atoms with Crippen molar-refractivity contribution in [2.24, 2.45) is 7.05 Å². The Morgan fingerprint density at radius 1 is 1.64 bits per heavy atom. The van der Waals surface area contributed by atoms with Crippen LogP contribution in [0.25, 0.3) is 0 Å². The third-order valence-electron chi connectivity index (χ3n) is 1.10. The van der Waals surface area contributed by atoms with E-state index in [2.05, 4.69) is 9.71 Å². The molecule has 0 amide bonds. The first-order valence-electron chi connectivity index (χ1n) is 2.94. The molecule has 11 heavy (non-hydrogen) atoms. The number of sulfonamides is 1. The maximum Gasteiger partial charge on any atom is 0.232 e. The number of nitrogens with zero attached hydrogens (tertiary/aromatic N) is 2. The van der Waals surface area contributed by atoms with Crippen LogP contribution in [0.2, 0.25) is 0 Å². The van der Waals surface area contributed by atoms with Crippen LogP contribution in [0.15, 0.2) is 12.4 Å². The first kappa shape index (κ1) is 8.06. The van der Waals surface area contributed by atoms with Crippen LogP contribution in [0.4, 0.5) is 5.95 Å². The minimum atomic E-state index is -3.20. The highest BCUT2D eigenvalue weighted by Gasteiger charge is 2.04. The van der Waals surface area contributed by atoms with Gasteiger partial charge >= 0.3 is 0 Å². The third-order valence-corrected chi connectivity index (χ3v) is 1.65. The molecule has 1 N–H and O–H groups in total. The Kier molecular flexibility index (Phi) is 1.86. The van der Waals surface area contributed by atoms with Crippen molar-refractivity contribution in [3.8, 4) is 0 Å². The summed E-state index contributed by atoms with van der Waals surface area (Å²) in [6.07, 6.45) is 4.27. The number of imidazole rings is 1. The van der Waals surface area contributed by atoms with Crippen LogP contribution in [0.1, 0.15) is 0 Å². The highest BCUT2D eigenvalue weighted by atomic mass is 32.2. The lowest BCUT2D eigenvalue weighted by Crippen LogP contribution is -2.12. The van der Waals surface area contributed by atoms with Crippen LogP contribution in [0.5, 0.6) is 0 Å². The second-order valence-corrected chi connectivity index (χ2v) is 3.98. The molecule has 0 radical (unpaired) electrons. The molecule has 5 nitrogen and oxygen atoms in total. The number of anilines is 1. The molecule has 0 fully saturated rings. The standard InChI is InChI=1S/C5H9N3O2S/c1-8-4-3-6-5(8)7-11(2,9)10/h3-4H,1-2H3,(H,6,7). The summed E-state index contributed by atoms with van der Waals surface area (Å²) in [5, 5.41) is 0. The number of aryl methyl sites for hydroxylation is 1. The number of nitrogens with one attached hydrogen (secondary N) is 1. The van der Waals surface area contributed by atoms with E-state index in [4.69, 9.17) is 0 Å². The lowest BCUT2D eigenvalue weighted by atomic mass is 10.9. The molecule has 6 heteroatoms. The molecule has 1 heterocycles. The molecule has 0 aliphatic heterocycles. The summed E-state index contributed by atoms with van der Waals surface area (Å²) in [6.45, 7) is 0. The number of hydrogen-bond donors (Lipinski definition) is 1. The second-order valence-electron chi connectivity index (χ2n) is 2.24. The molecule has 1 aromatic rings. The fourth-order valence-electron chi connectivity index (χ4n) is 0.630. The zero-order valence-corrected chi connectivity index (χ0v) is 7.09. The quantitative estimate of drug-likeness (QED) is 0.676. The Balaban J connectivity index is 2.89. The summed E-state index contributed by atoms with van der Waals surface area (Å²) in [6, 6.07) is 0. The van der Waals surface area contributed by atoms with E-state index in [0.717, 1.165) is 6.26 Å². The molecule has 0 saturated carbocycles. The largest absolute Gasteiger partial charge is 0.320 e. The van der Waals surface area contributed by atoms with Gasteiger partial charge in [0.25, 0.3) is 0 Å². The molecule has 0 aliphatic rings. The second kappa shape index (κ2) is 2.54. The predicted octanol–water partition coefficient (Wildman–Crippen LogP) is -0.208. The molecule has 0 saturated heterocycles. The van der Waals surface area contributed by atoms with Crippen molar-refractivity contribution in [3.05, 3.63) is 12.4 Å². The summed E-state index contributed by atoms with van der Waals surface area (Å²) in [5.41, 5.74) is 0. The van der Waals surface area contributed by atoms with Crippen LogP contribution in [0.3, 0.4) is 0 Å². The van der Waals surface area contributed by atoms with Gasteiger partial charge in [-0.25, -0.2) is 13.4 Å². The van der Waals surface area contributed by atoms with E-state index in [0.29, 0.717) is 5.95 Å². The molecule has 0 unspecified atom stereocenters. The minimum absolute atomic E-state index is 0.326. The van der Waals surface area contributed by atoms with Gasteiger partial charge in [0.05, 0.1) is 6.26 Å². The van der Waals surface area contributed by atoms with E-state index >= 15 is 0 Å². The fourth-order valence-corrected chi connectivity index (χ4v) is 1.16. The normalized spacial score (nSPS) is 11.5. The van der Waals surface area contributed by atoms with Crippen molar-refractivity contribution in [1.82, 2.24) is 9.55 Å². The Hall–Kier alpha value is -1.04. The van der Waals surface area contributed by atoms with Gasteiger partial charge in [-0.1, -0.05) is 0 Å². The zero-order valence-electron chi connectivity index (χ0n) is 6.27. The van der Waals surface area contributed by atoms with Crippen molar-refractivity contribution in [1.29, 1.82) is 0 Å². The van der Waals surface area contributed by atoms with Crippen LogP contribution in [0, 0.1) is 0 Å². The van der Waals surface area contributed by atoms with E-state index in [1.54, 1.807) is 17.8 Å². The number of aromatic nitrogens is 2. The van der Waals surface area contributed by atoms with Crippen LogP contribution in [-0.4, -0.2) is 24.2 Å². The van der Waals surface area contributed by atoms with E-state index in [1.165, 1.54) is 6.20 Å². The van der Waals surface area contributed by atoms with Gasteiger partial charge in [0.2, 0.25) is 16.0 Å². The zero-order chi connectivity index (χ0) is 8.48. The minimum Gasteiger partial charge on any atom is -0.320 e. The first-order valence-corrected chi connectivity index (χ1v) is 4.83. The molecular formula is C5H9N3O2S. The smallest absolute Gasteiger partial charge is 0.232 e. The molecule has 0 bridgehead atoms.